The van der Waals surface area contributed by atoms with Crippen molar-refractivity contribution in [2.45, 2.75) is 6.54 Å². The number of carboxylic acids is 1. The number of nitrogens with zero attached hydrogens (tertiary/aromatic N) is 3. The van der Waals surface area contributed by atoms with Gasteiger partial charge < -0.3 is 10.4 Å². The van der Waals surface area contributed by atoms with E-state index in [4.69, 9.17) is 5.11 Å². The van der Waals surface area contributed by atoms with Gasteiger partial charge in [-0.25, -0.2) is 9.78 Å². The van der Waals surface area contributed by atoms with Gasteiger partial charge in [0.1, 0.15) is 0 Å². The second-order valence-corrected chi connectivity index (χ2v) is 4.04. The van der Waals surface area contributed by atoms with E-state index in [1.807, 2.05) is 19.3 Å². The van der Waals surface area contributed by atoms with E-state index >= 15 is 0 Å². The number of aryl methyl sites for hydroxylation is 1. The number of anilines is 1. The zero-order valence-electron chi connectivity index (χ0n) is 8.54. The summed E-state index contributed by atoms with van der Waals surface area (Å²) >= 11 is 1.27. The third kappa shape index (κ3) is 2.37. The number of hydrogen-bond acceptors (Lipinski definition) is 5. The van der Waals surface area contributed by atoms with Gasteiger partial charge >= 0.3 is 5.97 Å². The Hall–Kier alpha value is -1.89. The van der Waals surface area contributed by atoms with Crippen molar-refractivity contribution in [2.75, 3.05) is 5.32 Å². The van der Waals surface area contributed by atoms with Crippen LogP contribution >= 0.6 is 11.3 Å². The van der Waals surface area contributed by atoms with Gasteiger partial charge in [-0.15, -0.1) is 11.3 Å². The van der Waals surface area contributed by atoms with E-state index in [1.165, 1.54) is 16.7 Å². The summed E-state index contributed by atoms with van der Waals surface area (Å²) in [5, 5.41) is 18.0. The van der Waals surface area contributed by atoms with E-state index in [2.05, 4.69) is 15.4 Å². The normalized spacial score (nSPS) is 10.3. The molecule has 2 aromatic rings. The molecule has 0 saturated carbocycles. The zero-order valence-corrected chi connectivity index (χ0v) is 9.36. The largest absolute Gasteiger partial charge is 0.476 e. The molecule has 0 spiro atoms. The zero-order chi connectivity index (χ0) is 11.5. The summed E-state index contributed by atoms with van der Waals surface area (Å²) in [4.78, 5) is 14.5. The van der Waals surface area contributed by atoms with Crippen molar-refractivity contribution in [2.24, 2.45) is 7.05 Å². The molecular formula is C9H10N4O2S. The molecule has 0 fully saturated rings. The minimum absolute atomic E-state index is 0.0634. The molecule has 0 atom stereocenters. The lowest BCUT2D eigenvalue weighted by atomic mass is 10.4. The lowest BCUT2D eigenvalue weighted by molar-refractivity contribution is 0.0691. The standard InChI is InChI=1S/C9H10N4O2S/c1-13-3-2-6(12-13)4-10-9-11-7(5-16-9)8(14)15/h2-3,5H,4H2,1H3,(H,10,11)(H,14,15). The Morgan fingerprint density at radius 1 is 1.69 bits per heavy atom. The fourth-order valence-corrected chi connectivity index (χ4v) is 1.86. The number of hydrogen-bond donors (Lipinski definition) is 2. The molecule has 2 heterocycles. The van der Waals surface area contributed by atoms with Crippen molar-refractivity contribution in [1.29, 1.82) is 0 Å². The van der Waals surface area contributed by atoms with Crippen molar-refractivity contribution in [3.8, 4) is 0 Å². The molecule has 0 bridgehead atoms. The molecule has 0 unspecified atom stereocenters. The number of rotatable bonds is 4. The topological polar surface area (TPSA) is 80.0 Å². The maximum atomic E-state index is 10.6. The molecule has 0 aliphatic carbocycles. The number of aromatic carboxylic acids is 1. The number of carbonyl (C=O) groups is 1. The molecule has 0 saturated heterocycles. The Bertz CT molecular complexity index is 505. The molecule has 0 amide bonds. The van der Waals surface area contributed by atoms with Crippen LogP contribution in [0.4, 0.5) is 5.13 Å². The highest BCUT2D eigenvalue weighted by atomic mass is 32.1. The van der Waals surface area contributed by atoms with Gasteiger partial charge in [0.25, 0.3) is 0 Å². The Morgan fingerprint density at radius 2 is 2.50 bits per heavy atom. The molecule has 0 aliphatic heterocycles. The van der Waals surface area contributed by atoms with Gasteiger partial charge in [-0.3, -0.25) is 4.68 Å². The lowest BCUT2D eigenvalue weighted by Gasteiger charge is -1.97. The first-order valence-corrected chi connectivity index (χ1v) is 5.44. The van der Waals surface area contributed by atoms with Gasteiger partial charge in [0.05, 0.1) is 12.2 Å². The summed E-state index contributed by atoms with van der Waals surface area (Å²) in [6, 6.07) is 1.89. The van der Waals surface area contributed by atoms with Gasteiger partial charge in [-0.05, 0) is 6.07 Å². The van der Waals surface area contributed by atoms with E-state index in [0.717, 1.165) is 5.69 Å². The van der Waals surface area contributed by atoms with Gasteiger partial charge in [-0.2, -0.15) is 5.10 Å². The van der Waals surface area contributed by atoms with E-state index in [1.54, 1.807) is 4.68 Å². The lowest BCUT2D eigenvalue weighted by Crippen LogP contribution is -2.02. The Morgan fingerprint density at radius 3 is 3.06 bits per heavy atom. The molecule has 6 nitrogen and oxygen atoms in total. The molecule has 2 aromatic heterocycles. The van der Waals surface area contributed by atoms with Crippen LogP contribution in [-0.4, -0.2) is 25.8 Å². The number of thiazole rings is 1. The molecule has 0 aromatic carbocycles. The van der Waals surface area contributed by atoms with Crippen LogP contribution in [0.2, 0.25) is 0 Å². The summed E-state index contributed by atoms with van der Waals surface area (Å²) in [5.41, 5.74) is 0.947. The first-order chi connectivity index (χ1) is 7.65. The van der Waals surface area contributed by atoms with E-state index < -0.39 is 5.97 Å². The van der Waals surface area contributed by atoms with E-state index in [-0.39, 0.29) is 5.69 Å². The van der Waals surface area contributed by atoms with Crippen molar-refractivity contribution >= 4 is 22.4 Å². The van der Waals surface area contributed by atoms with Crippen molar-refractivity contribution in [3.05, 3.63) is 29.0 Å². The first-order valence-electron chi connectivity index (χ1n) is 4.56. The first kappa shape index (κ1) is 10.6. The SMILES string of the molecule is Cn1ccc(CNc2nc(C(=O)O)cs2)n1. The number of aromatic nitrogens is 3. The smallest absolute Gasteiger partial charge is 0.355 e. The third-order valence-electron chi connectivity index (χ3n) is 1.91. The van der Waals surface area contributed by atoms with Crippen LogP contribution in [0.15, 0.2) is 17.6 Å². The minimum atomic E-state index is -1.01. The van der Waals surface area contributed by atoms with Gasteiger partial charge in [0, 0.05) is 18.6 Å². The molecule has 2 N–H and O–H groups in total. The van der Waals surface area contributed by atoms with Crippen molar-refractivity contribution in [3.63, 3.8) is 0 Å². The molecular weight excluding hydrogens is 228 g/mol. The van der Waals surface area contributed by atoms with Crippen LogP contribution in [0.5, 0.6) is 0 Å². The van der Waals surface area contributed by atoms with Crippen molar-refractivity contribution in [1.82, 2.24) is 14.8 Å². The van der Waals surface area contributed by atoms with Crippen LogP contribution in [0.25, 0.3) is 0 Å². The minimum Gasteiger partial charge on any atom is -0.476 e. The van der Waals surface area contributed by atoms with Crippen LogP contribution in [0, 0.1) is 0 Å². The average molecular weight is 238 g/mol. The number of carboxylic acid groups (broad SMARTS) is 1. The van der Waals surface area contributed by atoms with Crippen LogP contribution in [0.1, 0.15) is 16.2 Å². The molecule has 7 heteroatoms. The fraction of sp³-hybridized carbons (Fsp3) is 0.222. The molecule has 2 rings (SSSR count). The summed E-state index contributed by atoms with van der Waals surface area (Å²) in [7, 11) is 1.84. The molecule has 0 aliphatic rings. The number of nitrogens with one attached hydrogen (secondary N) is 1. The van der Waals surface area contributed by atoms with Gasteiger partial charge in [-0.1, -0.05) is 0 Å². The third-order valence-corrected chi connectivity index (χ3v) is 2.71. The highest BCUT2D eigenvalue weighted by Gasteiger charge is 2.08. The Kier molecular flexibility index (Phi) is 2.86. The highest BCUT2D eigenvalue weighted by molar-refractivity contribution is 7.13. The van der Waals surface area contributed by atoms with Crippen LogP contribution < -0.4 is 5.32 Å². The predicted octanol–water partition coefficient (Wildman–Crippen LogP) is 1.19. The maximum Gasteiger partial charge on any atom is 0.355 e. The summed E-state index contributed by atoms with van der Waals surface area (Å²) in [6.07, 6.45) is 1.85. The summed E-state index contributed by atoms with van der Waals surface area (Å²) in [6.45, 7) is 0.535. The van der Waals surface area contributed by atoms with Crippen molar-refractivity contribution < 1.29 is 9.90 Å². The second-order valence-electron chi connectivity index (χ2n) is 3.18. The van der Waals surface area contributed by atoms with Crippen LogP contribution in [0.3, 0.4) is 0 Å². The Labute approximate surface area is 95.6 Å². The summed E-state index contributed by atoms with van der Waals surface area (Å²) < 4.78 is 1.71. The van der Waals surface area contributed by atoms with E-state index in [0.29, 0.717) is 11.7 Å². The fourth-order valence-electron chi connectivity index (χ4n) is 1.18. The van der Waals surface area contributed by atoms with Gasteiger partial charge in [0.15, 0.2) is 10.8 Å². The molecule has 0 radical (unpaired) electrons. The molecule has 16 heavy (non-hydrogen) atoms. The second kappa shape index (κ2) is 4.31. The quantitative estimate of drug-likeness (QED) is 0.836. The van der Waals surface area contributed by atoms with Gasteiger partial charge in [0.2, 0.25) is 0 Å². The molecule has 84 valence electrons. The van der Waals surface area contributed by atoms with E-state index in [9.17, 15) is 4.79 Å². The maximum absolute atomic E-state index is 10.6. The average Bonchev–Trinajstić information content (AvgIpc) is 2.83. The highest BCUT2D eigenvalue weighted by Crippen LogP contribution is 2.15. The monoisotopic (exact) mass is 238 g/mol. The summed E-state index contributed by atoms with van der Waals surface area (Å²) in [5.74, 6) is -1.01. The predicted molar refractivity (Wildman–Crippen MR) is 59.6 cm³/mol. The Balaban J connectivity index is 1.97. The van der Waals surface area contributed by atoms with Crippen LogP contribution in [-0.2, 0) is 13.6 Å².